The third kappa shape index (κ3) is 2.04. The highest BCUT2D eigenvalue weighted by molar-refractivity contribution is 5.73. The Hall–Kier alpha value is -1.54. The summed E-state index contributed by atoms with van der Waals surface area (Å²) in [6, 6.07) is 6.63. The van der Waals surface area contributed by atoms with E-state index >= 15 is 0 Å². The quantitative estimate of drug-likeness (QED) is 0.852. The minimum atomic E-state index is -0.236. The first-order valence-electron chi connectivity index (χ1n) is 7.62. The lowest BCUT2D eigenvalue weighted by Gasteiger charge is -2.56. The molecule has 0 fully saturated rings. The molecule has 2 atom stereocenters. The molecule has 1 aliphatic rings. The van der Waals surface area contributed by atoms with Crippen LogP contribution in [-0.4, -0.2) is 29.2 Å². The smallest absolute Gasteiger partial charge is 0.0645 e. The van der Waals surface area contributed by atoms with Crippen LogP contribution in [0.4, 0.5) is 0 Å². The van der Waals surface area contributed by atoms with Crippen LogP contribution in [0.1, 0.15) is 43.9 Å². The van der Waals surface area contributed by atoms with Gasteiger partial charge in [-0.2, -0.15) is 0 Å². The molecule has 2 heteroatoms. The molecule has 0 aliphatic carbocycles. The summed E-state index contributed by atoms with van der Waals surface area (Å²) in [6.45, 7) is 12.9. The molecule has 2 rings (SSSR count). The van der Waals surface area contributed by atoms with Crippen LogP contribution in [0.5, 0.6) is 0 Å². The Morgan fingerprint density at radius 1 is 1.33 bits per heavy atom. The van der Waals surface area contributed by atoms with Crippen LogP contribution < -0.4 is 0 Å². The predicted octanol–water partition coefficient (Wildman–Crippen LogP) is 3.89. The first-order chi connectivity index (χ1) is 9.85. The van der Waals surface area contributed by atoms with Gasteiger partial charge in [-0.15, -0.1) is 6.58 Å². The molecular weight excluding hydrogens is 258 g/mol. The summed E-state index contributed by atoms with van der Waals surface area (Å²) in [5.41, 5.74) is 4.65. The number of rotatable bonds is 3. The molecule has 114 valence electrons. The molecule has 1 aliphatic heterocycles. The molecule has 2 nitrogen and oxygen atoms in total. The number of aliphatic hydroxyl groups excluding tert-OH is 1. The van der Waals surface area contributed by atoms with Gasteiger partial charge in [0, 0.05) is 30.3 Å². The zero-order chi connectivity index (χ0) is 15.8. The summed E-state index contributed by atoms with van der Waals surface area (Å²) in [6.07, 6.45) is 4.90. The van der Waals surface area contributed by atoms with Gasteiger partial charge in [0.15, 0.2) is 0 Å². The van der Waals surface area contributed by atoms with Gasteiger partial charge in [-0.1, -0.05) is 36.8 Å². The number of hydrogen-bond acceptors (Lipinski definition) is 2. The fourth-order valence-corrected chi connectivity index (χ4v) is 3.75. The normalized spacial score (nSPS) is 30.4. The van der Waals surface area contributed by atoms with Crippen molar-refractivity contribution in [3.8, 4) is 0 Å². The third-order valence-corrected chi connectivity index (χ3v) is 5.50. The zero-order valence-electron chi connectivity index (χ0n) is 13.9. The van der Waals surface area contributed by atoms with Gasteiger partial charge < -0.3 is 10.0 Å². The molecule has 0 radical (unpaired) electrons. The number of hydrogen-bond donors (Lipinski definition) is 1. The minimum absolute atomic E-state index is 0.173. The fraction of sp³-hybridized carbons (Fsp3) is 0.474. The van der Waals surface area contributed by atoms with Crippen LogP contribution in [0.3, 0.4) is 0 Å². The van der Waals surface area contributed by atoms with E-state index in [1.807, 2.05) is 6.08 Å². The highest BCUT2D eigenvalue weighted by atomic mass is 16.3. The molecule has 0 spiro atoms. The summed E-state index contributed by atoms with van der Waals surface area (Å²) in [4.78, 5) is 2.30. The second-order valence-electron chi connectivity index (χ2n) is 6.44. The largest absolute Gasteiger partial charge is 0.396 e. The van der Waals surface area contributed by atoms with E-state index in [0.717, 1.165) is 0 Å². The molecule has 0 aromatic heterocycles. The maximum atomic E-state index is 9.63. The topological polar surface area (TPSA) is 23.5 Å². The maximum Gasteiger partial charge on any atom is 0.0645 e. The fourth-order valence-electron chi connectivity index (χ4n) is 3.75. The van der Waals surface area contributed by atoms with Gasteiger partial charge in [-0.3, -0.25) is 0 Å². The summed E-state index contributed by atoms with van der Waals surface area (Å²) >= 11 is 0. The van der Waals surface area contributed by atoms with Gasteiger partial charge in [0.05, 0.1) is 5.54 Å². The van der Waals surface area contributed by atoms with E-state index in [1.54, 1.807) is 0 Å². The molecule has 1 N–H and O–H groups in total. The van der Waals surface area contributed by atoms with Crippen molar-refractivity contribution in [1.82, 2.24) is 4.90 Å². The number of allylic oxidation sites excluding steroid dienone is 1. The van der Waals surface area contributed by atoms with Crippen molar-refractivity contribution in [2.45, 2.75) is 45.1 Å². The molecule has 1 heterocycles. The zero-order valence-corrected chi connectivity index (χ0v) is 13.9. The number of fused-ring (bicyclic) bond motifs is 1. The van der Waals surface area contributed by atoms with Gasteiger partial charge in [-0.05, 0) is 38.8 Å². The maximum absolute atomic E-state index is 9.63. The molecule has 0 saturated heterocycles. The van der Waals surface area contributed by atoms with E-state index in [-0.39, 0.29) is 17.6 Å². The monoisotopic (exact) mass is 285 g/mol. The molecular formula is C19H27NO. The van der Waals surface area contributed by atoms with Crippen molar-refractivity contribution in [2.24, 2.45) is 0 Å². The molecule has 2 unspecified atom stereocenters. The van der Waals surface area contributed by atoms with E-state index in [4.69, 9.17) is 0 Å². The van der Waals surface area contributed by atoms with Crippen molar-refractivity contribution in [3.63, 3.8) is 0 Å². The average Bonchev–Trinajstić information content (AvgIpc) is 2.46. The Morgan fingerprint density at radius 2 is 2.00 bits per heavy atom. The SMILES string of the molecule is C=CC1(C)N(C)/C(=C\C)c2cc(C)ccc2C1(C)CCO. The lowest BCUT2D eigenvalue weighted by Crippen LogP contribution is -2.59. The molecule has 1 aromatic carbocycles. The number of benzene rings is 1. The second kappa shape index (κ2) is 5.34. The summed E-state index contributed by atoms with van der Waals surface area (Å²) in [5.74, 6) is 0. The first-order valence-corrected chi connectivity index (χ1v) is 7.62. The van der Waals surface area contributed by atoms with Gasteiger partial charge in [-0.25, -0.2) is 0 Å². The Labute approximate surface area is 128 Å². The molecule has 0 bridgehead atoms. The molecule has 0 amide bonds. The minimum Gasteiger partial charge on any atom is -0.396 e. The highest BCUT2D eigenvalue weighted by Crippen LogP contribution is 2.51. The van der Waals surface area contributed by atoms with E-state index < -0.39 is 0 Å². The van der Waals surface area contributed by atoms with Gasteiger partial charge in [0.1, 0.15) is 0 Å². The van der Waals surface area contributed by atoms with Crippen LogP contribution in [0.2, 0.25) is 0 Å². The average molecular weight is 285 g/mol. The summed E-state index contributed by atoms with van der Waals surface area (Å²) in [7, 11) is 2.12. The lowest BCUT2D eigenvalue weighted by atomic mass is 9.60. The van der Waals surface area contributed by atoms with E-state index in [1.165, 1.54) is 22.4 Å². The Morgan fingerprint density at radius 3 is 2.52 bits per heavy atom. The lowest BCUT2D eigenvalue weighted by molar-refractivity contribution is 0.112. The van der Waals surface area contributed by atoms with Crippen molar-refractivity contribution in [3.05, 3.63) is 53.6 Å². The Kier molecular flexibility index (Phi) is 4.03. The molecule has 1 aromatic rings. The van der Waals surface area contributed by atoms with Crippen molar-refractivity contribution in [1.29, 1.82) is 0 Å². The van der Waals surface area contributed by atoms with Crippen LogP contribution >= 0.6 is 0 Å². The van der Waals surface area contributed by atoms with E-state index in [2.05, 4.69) is 70.5 Å². The Balaban J connectivity index is 2.83. The number of aryl methyl sites for hydroxylation is 1. The van der Waals surface area contributed by atoms with Gasteiger partial charge in [0.2, 0.25) is 0 Å². The third-order valence-electron chi connectivity index (χ3n) is 5.50. The van der Waals surface area contributed by atoms with Crippen LogP contribution in [0.25, 0.3) is 5.70 Å². The van der Waals surface area contributed by atoms with Crippen molar-refractivity contribution < 1.29 is 5.11 Å². The standard InChI is InChI=1S/C19H27NO/c1-7-17-15-13-14(3)9-10-16(15)18(4,11-12-21)19(5,8-2)20(17)6/h7-10,13,21H,2,11-12H2,1,3-6H3/b17-7-. The second-order valence-corrected chi connectivity index (χ2v) is 6.44. The van der Waals surface area contributed by atoms with Crippen molar-refractivity contribution >= 4 is 5.70 Å². The van der Waals surface area contributed by atoms with Crippen molar-refractivity contribution in [2.75, 3.05) is 13.7 Å². The van der Waals surface area contributed by atoms with Gasteiger partial charge in [0.25, 0.3) is 0 Å². The number of likely N-dealkylation sites (N-methyl/N-ethyl adjacent to an activating group) is 1. The van der Waals surface area contributed by atoms with Crippen LogP contribution in [0.15, 0.2) is 36.9 Å². The van der Waals surface area contributed by atoms with E-state index in [0.29, 0.717) is 6.42 Å². The van der Waals surface area contributed by atoms with Crippen LogP contribution in [-0.2, 0) is 5.41 Å². The highest BCUT2D eigenvalue weighted by Gasteiger charge is 2.51. The molecule has 21 heavy (non-hydrogen) atoms. The Bertz CT molecular complexity index is 589. The molecule has 0 saturated carbocycles. The predicted molar refractivity (Wildman–Crippen MR) is 90.2 cm³/mol. The van der Waals surface area contributed by atoms with E-state index in [9.17, 15) is 5.11 Å². The van der Waals surface area contributed by atoms with Gasteiger partial charge >= 0.3 is 0 Å². The number of nitrogens with zero attached hydrogens (tertiary/aromatic N) is 1. The summed E-state index contributed by atoms with van der Waals surface area (Å²) < 4.78 is 0. The first kappa shape index (κ1) is 15.8. The number of aliphatic hydroxyl groups is 1. The summed E-state index contributed by atoms with van der Waals surface area (Å²) in [5, 5.41) is 9.63. The van der Waals surface area contributed by atoms with Crippen LogP contribution in [0, 0.1) is 6.92 Å².